The minimum Gasteiger partial charge on any atom is -0.497 e. The Bertz CT molecular complexity index is 1440. The van der Waals surface area contributed by atoms with E-state index in [0.717, 1.165) is 11.6 Å². The molecule has 0 radical (unpaired) electrons. The van der Waals surface area contributed by atoms with Crippen molar-refractivity contribution in [3.63, 3.8) is 0 Å². The molecule has 42 heavy (non-hydrogen) atoms. The van der Waals surface area contributed by atoms with Gasteiger partial charge in [-0.3, -0.25) is 4.79 Å². The van der Waals surface area contributed by atoms with Crippen LogP contribution < -0.4 is 24.6 Å². The fourth-order valence-corrected chi connectivity index (χ4v) is 5.43. The molecule has 2 heterocycles. The maximum absolute atomic E-state index is 15.1. The Kier molecular flexibility index (Phi) is 8.18. The standard InChI is InChI=1S/C30H30F5N3O4/c1-41-20-4-2-19(3-5-20)17-38-27(39)11-7-22-25(9-8-23(31)28(22)38)36-18-29(40)12-14-37(15-13-29)26-10-6-21(16-24(26)32)42-30(33,34)35/h2-6,8-10,16,36,40H,7,11-15,17-18H2,1H3. The van der Waals surface area contributed by atoms with E-state index in [1.807, 2.05) is 12.1 Å². The van der Waals surface area contributed by atoms with Crippen LogP contribution in [0.3, 0.4) is 0 Å². The van der Waals surface area contributed by atoms with Crippen molar-refractivity contribution in [1.29, 1.82) is 0 Å². The molecule has 2 aliphatic heterocycles. The number of carbonyl (C=O) groups is 1. The lowest BCUT2D eigenvalue weighted by molar-refractivity contribution is -0.274. The average Bonchev–Trinajstić information content (AvgIpc) is 2.94. The average molecular weight is 592 g/mol. The van der Waals surface area contributed by atoms with Crippen molar-refractivity contribution in [1.82, 2.24) is 0 Å². The van der Waals surface area contributed by atoms with E-state index in [4.69, 9.17) is 4.74 Å². The molecule has 224 valence electrons. The number of anilines is 3. The fraction of sp³-hybridized carbons (Fsp3) is 0.367. The van der Waals surface area contributed by atoms with Gasteiger partial charge in [0.05, 0.1) is 30.6 Å². The summed E-state index contributed by atoms with van der Waals surface area (Å²) in [6.45, 7) is 0.850. The molecule has 0 aromatic heterocycles. The summed E-state index contributed by atoms with van der Waals surface area (Å²) in [5, 5.41) is 14.5. The first-order valence-electron chi connectivity index (χ1n) is 13.5. The van der Waals surface area contributed by atoms with Crippen molar-refractivity contribution in [3.8, 4) is 11.5 Å². The molecule has 3 aromatic rings. The molecule has 2 aliphatic rings. The summed E-state index contributed by atoms with van der Waals surface area (Å²) in [6, 6.07) is 13.0. The number of piperidine rings is 1. The molecule has 1 amide bonds. The number of halogens is 5. The van der Waals surface area contributed by atoms with Gasteiger partial charge in [0.2, 0.25) is 5.91 Å². The zero-order valence-electron chi connectivity index (χ0n) is 22.8. The van der Waals surface area contributed by atoms with Crippen molar-refractivity contribution < 1.29 is 41.3 Å². The Balaban J connectivity index is 1.25. The highest BCUT2D eigenvalue weighted by Gasteiger charge is 2.35. The second-order valence-electron chi connectivity index (χ2n) is 10.5. The molecule has 0 atom stereocenters. The molecule has 1 saturated heterocycles. The molecule has 0 bridgehead atoms. The van der Waals surface area contributed by atoms with Gasteiger partial charge in [0.25, 0.3) is 0 Å². The second-order valence-corrected chi connectivity index (χ2v) is 10.5. The van der Waals surface area contributed by atoms with Crippen LogP contribution in [0.1, 0.15) is 30.4 Å². The molecule has 1 fully saturated rings. The first-order chi connectivity index (χ1) is 19.9. The number of amides is 1. The molecule has 0 unspecified atom stereocenters. The van der Waals surface area contributed by atoms with E-state index in [1.165, 1.54) is 17.0 Å². The number of ether oxygens (including phenoxy) is 2. The van der Waals surface area contributed by atoms with Crippen molar-refractivity contribution in [2.75, 3.05) is 41.9 Å². The zero-order chi connectivity index (χ0) is 30.1. The third kappa shape index (κ3) is 6.53. The largest absolute Gasteiger partial charge is 0.573 e. The number of methoxy groups -OCH3 is 1. The molecule has 7 nitrogen and oxygen atoms in total. The van der Waals surface area contributed by atoms with Gasteiger partial charge in [-0.2, -0.15) is 0 Å². The van der Waals surface area contributed by atoms with Crippen LogP contribution in [0.2, 0.25) is 0 Å². The second kappa shape index (κ2) is 11.7. The Morgan fingerprint density at radius 1 is 0.952 bits per heavy atom. The number of hydrogen-bond acceptors (Lipinski definition) is 6. The van der Waals surface area contributed by atoms with Gasteiger partial charge in [-0.25, -0.2) is 8.78 Å². The Morgan fingerprint density at radius 2 is 1.64 bits per heavy atom. The minimum absolute atomic E-state index is 0.119. The molecule has 0 aliphatic carbocycles. The van der Waals surface area contributed by atoms with Crippen LogP contribution in [0.15, 0.2) is 54.6 Å². The number of hydrogen-bond donors (Lipinski definition) is 2. The van der Waals surface area contributed by atoms with E-state index in [1.54, 1.807) is 30.2 Å². The molecule has 0 saturated carbocycles. The summed E-state index contributed by atoms with van der Waals surface area (Å²) in [5.41, 5.74) is 1.24. The van der Waals surface area contributed by atoms with Crippen molar-refractivity contribution in [2.24, 2.45) is 0 Å². The molecular formula is C30H30F5N3O4. The highest BCUT2D eigenvalue weighted by molar-refractivity contribution is 5.97. The van der Waals surface area contributed by atoms with Gasteiger partial charge in [-0.1, -0.05) is 12.1 Å². The highest BCUT2D eigenvalue weighted by atomic mass is 19.4. The number of nitrogens with zero attached hydrogens (tertiary/aromatic N) is 2. The van der Waals surface area contributed by atoms with Crippen LogP contribution >= 0.6 is 0 Å². The highest BCUT2D eigenvalue weighted by Crippen LogP contribution is 2.38. The molecule has 5 rings (SSSR count). The third-order valence-electron chi connectivity index (χ3n) is 7.69. The van der Waals surface area contributed by atoms with E-state index in [0.29, 0.717) is 29.5 Å². The predicted octanol–water partition coefficient (Wildman–Crippen LogP) is 5.79. The lowest BCUT2D eigenvalue weighted by atomic mass is 9.90. The monoisotopic (exact) mass is 591 g/mol. The minimum atomic E-state index is -4.92. The van der Waals surface area contributed by atoms with Crippen molar-refractivity contribution in [3.05, 3.63) is 77.4 Å². The smallest absolute Gasteiger partial charge is 0.497 e. The summed E-state index contributed by atoms with van der Waals surface area (Å²) in [6.07, 6.45) is -3.86. The first-order valence-corrected chi connectivity index (χ1v) is 13.5. The van der Waals surface area contributed by atoms with Crippen molar-refractivity contribution in [2.45, 2.75) is 44.2 Å². The number of nitrogens with one attached hydrogen (secondary N) is 1. The Labute approximate surface area is 239 Å². The SMILES string of the molecule is COc1ccc(CN2C(=O)CCc3c(NCC4(O)CCN(c5ccc(OC(F)(F)F)cc5F)CC4)ccc(F)c32)cc1. The molecule has 2 N–H and O–H groups in total. The summed E-state index contributed by atoms with van der Waals surface area (Å²) in [7, 11) is 1.56. The van der Waals surface area contributed by atoms with E-state index in [9.17, 15) is 27.5 Å². The normalized spacial score (nSPS) is 16.7. The summed E-state index contributed by atoms with van der Waals surface area (Å²) in [4.78, 5) is 15.9. The first kappa shape index (κ1) is 29.4. The van der Waals surface area contributed by atoms with E-state index in [2.05, 4.69) is 10.1 Å². The maximum atomic E-state index is 15.1. The van der Waals surface area contributed by atoms with Gasteiger partial charge in [0, 0.05) is 43.4 Å². The Hall–Kier alpha value is -4.06. The van der Waals surface area contributed by atoms with Crippen LogP contribution in [-0.2, 0) is 17.8 Å². The predicted molar refractivity (Wildman–Crippen MR) is 147 cm³/mol. The van der Waals surface area contributed by atoms with E-state index < -0.39 is 29.3 Å². The van der Waals surface area contributed by atoms with Crippen LogP contribution in [0.4, 0.5) is 39.0 Å². The van der Waals surface area contributed by atoms with E-state index in [-0.39, 0.29) is 62.7 Å². The topological polar surface area (TPSA) is 74.3 Å². The number of fused-ring (bicyclic) bond motifs is 1. The van der Waals surface area contributed by atoms with Gasteiger partial charge < -0.3 is 29.7 Å². The van der Waals surface area contributed by atoms with Gasteiger partial charge in [0.15, 0.2) is 0 Å². The number of alkyl halides is 3. The lowest BCUT2D eigenvalue weighted by Crippen LogP contribution is -2.48. The molecule has 12 heteroatoms. The summed E-state index contributed by atoms with van der Waals surface area (Å²) >= 11 is 0. The van der Waals surface area contributed by atoms with Gasteiger partial charge >= 0.3 is 6.36 Å². The Morgan fingerprint density at radius 3 is 2.29 bits per heavy atom. The van der Waals surface area contributed by atoms with E-state index >= 15 is 4.39 Å². The zero-order valence-corrected chi connectivity index (χ0v) is 22.8. The number of aliphatic hydroxyl groups is 1. The molecule has 0 spiro atoms. The van der Waals surface area contributed by atoms with Gasteiger partial charge in [-0.05, 0) is 61.2 Å². The number of benzene rings is 3. The summed E-state index contributed by atoms with van der Waals surface area (Å²) in [5.74, 6) is -1.53. The van der Waals surface area contributed by atoms with Crippen LogP contribution in [-0.4, -0.2) is 49.7 Å². The number of rotatable bonds is 8. The van der Waals surface area contributed by atoms with Gasteiger partial charge in [0.1, 0.15) is 23.1 Å². The fourth-order valence-electron chi connectivity index (χ4n) is 5.43. The van der Waals surface area contributed by atoms with Crippen LogP contribution in [0.5, 0.6) is 11.5 Å². The maximum Gasteiger partial charge on any atom is 0.573 e. The molecular weight excluding hydrogens is 561 g/mol. The van der Waals surface area contributed by atoms with Crippen LogP contribution in [0.25, 0.3) is 0 Å². The van der Waals surface area contributed by atoms with Gasteiger partial charge in [-0.15, -0.1) is 13.2 Å². The quantitative estimate of drug-likeness (QED) is 0.323. The third-order valence-corrected chi connectivity index (χ3v) is 7.69. The lowest BCUT2D eigenvalue weighted by Gasteiger charge is -2.40. The van der Waals surface area contributed by atoms with Crippen LogP contribution in [0, 0.1) is 11.6 Å². The summed E-state index contributed by atoms with van der Waals surface area (Å²) < 4.78 is 76.0. The number of carbonyl (C=O) groups excluding carboxylic acids is 1. The molecule has 3 aromatic carbocycles. The van der Waals surface area contributed by atoms with Crippen molar-refractivity contribution >= 4 is 23.0 Å².